The number of anilines is 1. The van der Waals surface area contributed by atoms with Crippen molar-refractivity contribution in [3.8, 4) is 6.07 Å². The summed E-state index contributed by atoms with van der Waals surface area (Å²) < 4.78 is 0. The summed E-state index contributed by atoms with van der Waals surface area (Å²) >= 11 is 1.19. The van der Waals surface area contributed by atoms with E-state index in [-0.39, 0.29) is 29.9 Å². The molecule has 2 aromatic carbocycles. The summed E-state index contributed by atoms with van der Waals surface area (Å²) in [6.07, 6.45) is 0.225. The zero-order valence-electron chi connectivity index (χ0n) is 18.9. The number of carbonyl (C=O) groups excluding carboxylic acids is 2. The van der Waals surface area contributed by atoms with Gasteiger partial charge in [-0.2, -0.15) is 5.26 Å². The Morgan fingerprint density at radius 2 is 1.62 bits per heavy atom. The van der Waals surface area contributed by atoms with Gasteiger partial charge in [0.15, 0.2) is 0 Å². The smallest absolute Gasteiger partial charge is 0.234 e. The van der Waals surface area contributed by atoms with Gasteiger partial charge >= 0.3 is 0 Å². The first-order chi connectivity index (χ1) is 15.3. The first-order valence-corrected chi connectivity index (χ1v) is 11.8. The van der Waals surface area contributed by atoms with Crippen LogP contribution in [0.4, 0.5) is 5.69 Å². The fourth-order valence-electron chi connectivity index (χ4n) is 3.62. The molecule has 1 atom stereocenters. The Morgan fingerprint density at radius 1 is 1.06 bits per heavy atom. The van der Waals surface area contributed by atoms with E-state index >= 15 is 0 Å². The van der Waals surface area contributed by atoms with Gasteiger partial charge in [0.05, 0.1) is 22.4 Å². The number of amides is 2. The van der Waals surface area contributed by atoms with E-state index < -0.39 is 0 Å². The van der Waals surface area contributed by atoms with E-state index in [1.807, 2.05) is 48.5 Å². The topological polar surface area (TPSA) is 82.0 Å². The highest BCUT2D eigenvalue weighted by Crippen LogP contribution is 2.36. The third-order valence-electron chi connectivity index (χ3n) is 5.57. The molecule has 0 saturated carbocycles. The number of nitrogens with one attached hydrogen (secondary N) is 2. The van der Waals surface area contributed by atoms with Gasteiger partial charge in [-0.05, 0) is 40.7 Å². The SMILES string of the molecule is CC(C)c1ccc(NC(=O)CSC2=C(C#N)C(c3ccc(C(C)C)cc3)CC(=O)N2)cc1. The maximum atomic E-state index is 12.5. The summed E-state index contributed by atoms with van der Waals surface area (Å²) in [4.78, 5) is 24.8. The molecule has 0 bridgehead atoms. The molecule has 0 aromatic heterocycles. The fourth-order valence-corrected chi connectivity index (χ4v) is 4.49. The summed E-state index contributed by atoms with van der Waals surface area (Å²) in [6, 6.07) is 18.1. The van der Waals surface area contributed by atoms with Crippen LogP contribution in [0, 0.1) is 11.3 Å². The molecular formula is C26H29N3O2S. The molecule has 0 radical (unpaired) electrons. The van der Waals surface area contributed by atoms with Gasteiger partial charge in [-0.25, -0.2) is 0 Å². The van der Waals surface area contributed by atoms with Crippen LogP contribution in [0.3, 0.4) is 0 Å². The molecule has 1 unspecified atom stereocenters. The van der Waals surface area contributed by atoms with E-state index in [4.69, 9.17) is 0 Å². The van der Waals surface area contributed by atoms with Crippen molar-refractivity contribution in [2.45, 2.75) is 51.9 Å². The summed E-state index contributed by atoms with van der Waals surface area (Å²) in [5, 5.41) is 15.9. The minimum absolute atomic E-state index is 0.103. The minimum Gasteiger partial charge on any atom is -0.325 e. The van der Waals surface area contributed by atoms with E-state index in [0.29, 0.717) is 22.4 Å². The number of benzene rings is 2. The Hall–Kier alpha value is -3.04. The second-order valence-electron chi connectivity index (χ2n) is 8.59. The lowest BCUT2D eigenvalue weighted by Gasteiger charge is -2.25. The van der Waals surface area contributed by atoms with E-state index in [0.717, 1.165) is 11.3 Å². The lowest BCUT2D eigenvalue weighted by atomic mass is 9.86. The summed E-state index contributed by atoms with van der Waals surface area (Å²) in [6.45, 7) is 8.49. The quantitative estimate of drug-likeness (QED) is 0.575. The van der Waals surface area contributed by atoms with Gasteiger partial charge in [-0.1, -0.05) is 75.9 Å². The van der Waals surface area contributed by atoms with Crippen LogP contribution < -0.4 is 10.6 Å². The highest BCUT2D eigenvalue weighted by Gasteiger charge is 2.30. The zero-order valence-corrected chi connectivity index (χ0v) is 19.8. The van der Waals surface area contributed by atoms with Crippen LogP contribution >= 0.6 is 11.8 Å². The molecular weight excluding hydrogens is 418 g/mol. The molecule has 2 amide bonds. The number of carbonyl (C=O) groups is 2. The third kappa shape index (κ3) is 5.80. The van der Waals surface area contributed by atoms with Gasteiger partial charge in [0, 0.05) is 18.0 Å². The molecule has 2 aromatic rings. The highest BCUT2D eigenvalue weighted by atomic mass is 32.2. The molecule has 1 heterocycles. The van der Waals surface area contributed by atoms with Crippen LogP contribution in [0.15, 0.2) is 59.1 Å². The molecule has 6 heteroatoms. The molecule has 166 valence electrons. The third-order valence-corrected chi connectivity index (χ3v) is 6.59. The minimum atomic E-state index is -0.302. The monoisotopic (exact) mass is 447 g/mol. The first-order valence-electron chi connectivity index (χ1n) is 10.8. The van der Waals surface area contributed by atoms with E-state index in [1.165, 1.54) is 22.9 Å². The number of nitriles is 1. The molecule has 0 saturated heterocycles. The van der Waals surface area contributed by atoms with Crippen LogP contribution in [-0.2, 0) is 9.59 Å². The predicted molar refractivity (Wildman–Crippen MR) is 130 cm³/mol. The maximum absolute atomic E-state index is 12.5. The van der Waals surface area contributed by atoms with Gasteiger partial charge in [-0.3, -0.25) is 9.59 Å². The van der Waals surface area contributed by atoms with Crippen LogP contribution in [0.2, 0.25) is 0 Å². The number of nitrogens with zero attached hydrogens (tertiary/aromatic N) is 1. The number of thioether (sulfide) groups is 1. The number of rotatable bonds is 7. The van der Waals surface area contributed by atoms with Crippen LogP contribution in [-0.4, -0.2) is 17.6 Å². The van der Waals surface area contributed by atoms with Crippen molar-refractivity contribution in [2.24, 2.45) is 0 Å². The first kappa shape index (κ1) is 23.6. The molecule has 0 spiro atoms. The fraction of sp³-hybridized carbons (Fsp3) is 0.346. The van der Waals surface area contributed by atoms with Gasteiger partial charge in [0.2, 0.25) is 11.8 Å². The molecule has 3 rings (SSSR count). The Balaban J connectivity index is 1.71. The summed E-state index contributed by atoms with van der Waals surface area (Å²) in [7, 11) is 0. The average Bonchev–Trinajstić information content (AvgIpc) is 2.77. The average molecular weight is 448 g/mol. The zero-order chi connectivity index (χ0) is 23.3. The summed E-state index contributed by atoms with van der Waals surface area (Å²) in [5.41, 5.74) is 4.59. The van der Waals surface area contributed by atoms with Crippen molar-refractivity contribution in [1.29, 1.82) is 5.26 Å². The highest BCUT2D eigenvalue weighted by molar-refractivity contribution is 8.03. The van der Waals surface area contributed by atoms with Crippen molar-refractivity contribution in [2.75, 3.05) is 11.1 Å². The Labute approximate surface area is 194 Å². The molecule has 1 aliphatic rings. The van der Waals surface area contributed by atoms with E-state index in [2.05, 4.69) is 44.4 Å². The van der Waals surface area contributed by atoms with E-state index in [1.54, 1.807) is 0 Å². The van der Waals surface area contributed by atoms with Crippen molar-refractivity contribution in [1.82, 2.24) is 5.32 Å². The molecule has 2 N–H and O–H groups in total. The van der Waals surface area contributed by atoms with E-state index in [9.17, 15) is 14.9 Å². The molecule has 32 heavy (non-hydrogen) atoms. The summed E-state index contributed by atoms with van der Waals surface area (Å²) in [5.74, 6) is 0.311. The van der Waals surface area contributed by atoms with Crippen molar-refractivity contribution >= 4 is 29.3 Å². The van der Waals surface area contributed by atoms with Gasteiger partial charge in [-0.15, -0.1) is 0 Å². The molecule has 5 nitrogen and oxygen atoms in total. The lowest BCUT2D eigenvalue weighted by Crippen LogP contribution is -2.31. The molecule has 0 fully saturated rings. The van der Waals surface area contributed by atoms with Crippen molar-refractivity contribution in [3.05, 3.63) is 75.8 Å². The lowest BCUT2D eigenvalue weighted by molar-refractivity contribution is -0.121. The maximum Gasteiger partial charge on any atom is 0.234 e. The largest absolute Gasteiger partial charge is 0.325 e. The van der Waals surface area contributed by atoms with Crippen molar-refractivity contribution < 1.29 is 9.59 Å². The molecule has 1 aliphatic heterocycles. The Bertz CT molecular complexity index is 1050. The number of hydrogen-bond acceptors (Lipinski definition) is 4. The standard InChI is InChI=1S/C26H29N3O2S/c1-16(2)18-5-7-20(8-6-18)22-13-24(30)29-26(23(22)14-27)32-15-25(31)28-21-11-9-19(10-12-21)17(3)4/h5-12,16-17,22H,13,15H2,1-4H3,(H,28,31)(H,29,30). The van der Waals surface area contributed by atoms with Crippen LogP contribution in [0.1, 0.15) is 68.6 Å². The second kappa shape index (κ2) is 10.5. The van der Waals surface area contributed by atoms with Gasteiger partial charge in [0.1, 0.15) is 0 Å². The normalized spacial score (nSPS) is 16.2. The predicted octanol–water partition coefficient (Wildman–Crippen LogP) is 5.64. The van der Waals surface area contributed by atoms with Crippen molar-refractivity contribution in [3.63, 3.8) is 0 Å². The van der Waals surface area contributed by atoms with Gasteiger partial charge in [0.25, 0.3) is 0 Å². The van der Waals surface area contributed by atoms with Crippen LogP contribution in [0.25, 0.3) is 0 Å². The Kier molecular flexibility index (Phi) is 7.76. The Morgan fingerprint density at radius 3 is 2.16 bits per heavy atom. The van der Waals surface area contributed by atoms with Gasteiger partial charge < -0.3 is 10.6 Å². The second-order valence-corrected chi connectivity index (χ2v) is 9.58. The van der Waals surface area contributed by atoms with Crippen LogP contribution in [0.5, 0.6) is 0 Å². The number of allylic oxidation sites excluding steroid dienone is 1. The molecule has 0 aliphatic carbocycles. The number of hydrogen-bond donors (Lipinski definition) is 2.